The monoisotopic (exact) mass is 400 g/mol. The molecule has 1 amide bonds. The summed E-state index contributed by atoms with van der Waals surface area (Å²) in [6, 6.07) is 8.52. The van der Waals surface area contributed by atoms with Gasteiger partial charge < -0.3 is 25.0 Å². The van der Waals surface area contributed by atoms with Crippen LogP contribution in [0, 0.1) is 0 Å². The number of benzene rings is 1. The molecule has 148 valence electrons. The van der Waals surface area contributed by atoms with Crippen LogP contribution in [-0.4, -0.2) is 55.3 Å². The second kappa shape index (κ2) is 7.69. The maximum Gasteiger partial charge on any atom is 0.280 e. The van der Waals surface area contributed by atoms with Crippen molar-refractivity contribution in [3.05, 3.63) is 35.2 Å². The molecule has 4 heterocycles. The summed E-state index contributed by atoms with van der Waals surface area (Å²) in [7, 11) is 0. The number of ether oxygens (including phenoxy) is 2. The number of aromatic nitrogens is 1. The standard InChI is InChI=1S/C20H24N4O3S/c25-19(22-17-11-14-3-6-16(17)21-14)13-1-4-15(5-2-13)27-20-23-18(12-28-20)24-7-9-26-10-8-24/h1-2,4-5,12,14,16-17,21H,3,6-11H2,(H,22,25)/t14-,16+,17-/m1/s1. The predicted molar refractivity (Wildman–Crippen MR) is 107 cm³/mol. The second-order valence-electron chi connectivity index (χ2n) is 7.56. The summed E-state index contributed by atoms with van der Waals surface area (Å²) < 4.78 is 11.2. The third-order valence-corrected chi connectivity index (χ3v) is 6.45. The van der Waals surface area contributed by atoms with E-state index in [9.17, 15) is 4.79 Å². The molecule has 0 radical (unpaired) electrons. The van der Waals surface area contributed by atoms with E-state index in [-0.39, 0.29) is 11.9 Å². The number of hydrogen-bond donors (Lipinski definition) is 2. The lowest BCUT2D eigenvalue weighted by atomic mass is 9.95. The highest BCUT2D eigenvalue weighted by Gasteiger charge is 2.39. The van der Waals surface area contributed by atoms with E-state index in [1.807, 2.05) is 29.6 Å². The minimum absolute atomic E-state index is 0.0187. The van der Waals surface area contributed by atoms with Crippen LogP contribution < -0.4 is 20.3 Å². The largest absolute Gasteiger partial charge is 0.431 e. The van der Waals surface area contributed by atoms with Crippen molar-refractivity contribution in [2.45, 2.75) is 37.4 Å². The maximum atomic E-state index is 12.5. The molecule has 0 aliphatic carbocycles. The van der Waals surface area contributed by atoms with Crippen LogP contribution in [0.25, 0.3) is 0 Å². The summed E-state index contributed by atoms with van der Waals surface area (Å²) >= 11 is 1.47. The van der Waals surface area contributed by atoms with Gasteiger partial charge in [0.05, 0.1) is 13.2 Å². The summed E-state index contributed by atoms with van der Waals surface area (Å²) in [5.41, 5.74) is 0.656. The first kappa shape index (κ1) is 17.9. The summed E-state index contributed by atoms with van der Waals surface area (Å²) in [5.74, 6) is 1.59. The Balaban J connectivity index is 1.18. The van der Waals surface area contributed by atoms with Gasteiger partial charge in [0.25, 0.3) is 11.1 Å². The molecular formula is C20H24N4O3S. The normalized spacial score (nSPS) is 26.4. The molecule has 0 spiro atoms. The summed E-state index contributed by atoms with van der Waals surface area (Å²) in [5, 5.41) is 9.32. The number of nitrogens with zero attached hydrogens (tertiary/aromatic N) is 2. The van der Waals surface area contributed by atoms with Crippen molar-refractivity contribution in [3.63, 3.8) is 0 Å². The van der Waals surface area contributed by atoms with Gasteiger partial charge >= 0.3 is 0 Å². The molecule has 2 bridgehead atoms. The van der Waals surface area contributed by atoms with Gasteiger partial charge in [-0.2, -0.15) is 4.98 Å². The zero-order chi connectivity index (χ0) is 18.9. The van der Waals surface area contributed by atoms with E-state index >= 15 is 0 Å². The first-order chi connectivity index (χ1) is 13.7. The lowest BCUT2D eigenvalue weighted by Crippen LogP contribution is -2.42. The molecule has 3 atom stereocenters. The highest BCUT2D eigenvalue weighted by atomic mass is 32.1. The van der Waals surface area contributed by atoms with Crippen molar-refractivity contribution >= 4 is 23.1 Å². The lowest BCUT2D eigenvalue weighted by molar-refractivity contribution is 0.0931. The Hall–Kier alpha value is -2.16. The summed E-state index contributed by atoms with van der Waals surface area (Å²) in [6.45, 7) is 3.17. The summed E-state index contributed by atoms with van der Waals surface area (Å²) in [4.78, 5) is 19.3. The van der Waals surface area contributed by atoms with Crippen molar-refractivity contribution in [1.82, 2.24) is 15.6 Å². The Morgan fingerprint density at radius 1 is 1.25 bits per heavy atom. The van der Waals surface area contributed by atoms with Gasteiger partial charge in [-0.15, -0.1) is 0 Å². The fraction of sp³-hybridized carbons (Fsp3) is 0.500. The Kier molecular flexibility index (Phi) is 4.92. The maximum absolute atomic E-state index is 12.5. The van der Waals surface area contributed by atoms with Crippen molar-refractivity contribution in [2.24, 2.45) is 0 Å². The van der Waals surface area contributed by atoms with Crippen LogP contribution in [0.4, 0.5) is 5.82 Å². The predicted octanol–water partition coefficient (Wildman–Crippen LogP) is 2.39. The fourth-order valence-corrected chi connectivity index (χ4v) is 4.94. The first-order valence-corrected chi connectivity index (χ1v) is 10.8. The number of nitrogens with one attached hydrogen (secondary N) is 2. The van der Waals surface area contributed by atoms with Crippen LogP contribution in [0.2, 0.25) is 0 Å². The van der Waals surface area contributed by atoms with E-state index in [2.05, 4.69) is 20.5 Å². The minimum atomic E-state index is -0.0187. The zero-order valence-corrected chi connectivity index (χ0v) is 16.4. The van der Waals surface area contributed by atoms with Gasteiger partial charge in [-0.3, -0.25) is 4.79 Å². The van der Waals surface area contributed by atoms with Gasteiger partial charge in [-0.05, 0) is 43.5 Å². The Morgan fingerprint density at radius 3 is 2.79 bits per heavy atom. The molecule has 3 saturated heterocycles. The second-order valence-corrected chi connectivity index (χ2v) is 8.38. The molecule has 5 rings (SSSR count). The van der Waals surface area contributed by atoms with E-state index in [0.717, 1.165) is 45.0 Å². The van der Waals surface area contributed by atoms with E-state index in [1.165, 1.54) is 17.8 Å². The molecular weight excluding hydrogens is 376 g/mol. The average Bonchev–Trinajstić information content (AvgIpc) is 3.46. The van der Waals surface area contributed by atoms with Crippen LogP contribution >= 0.6 is 11.3 Å². The van der Waals surface area contributed by atoms with Gasteiger partial charge in [0.2, 0.25) is 0 Å². The van der Waals surface area contributed by atoms with Crippen LogP contribution in [0.15, 0.2) is 29.6 Å². The quantitative estimate of drug-likeness (QED) is 0.803. The molecule has 2 aromatic rings. The molecule has 1 aromatic carbocycles. The van der Waals surface area contributed by atoms with E-state index in [1.54, 1.807) is 0 Å². The molecule has 3 fully saturated rings. The Morgan fingerprint density at radius 2 is 2.07 bits per heavy atom. The third-order valence-electron chi connectivity index (χ3n) is 5.74. The first-order valence-electron chi connectivity index (χ1n) is 9.88. The zero-order valence-electron chi connectivity index (χ0n) is 15.6. The van der Waals surface area contributed by atoms with Gasteiger partial charge in [0.15, 0.2) is 0 Å². The van der Waals surface area contributed by atoms with Crippen molar-refractivity contribution < 1.29 is 14.3 Å². The van der Waals surface area contributed by atoms with E-state index < -0.39 is 0 Å². The number of morpholine rings is 1. The molecule has 0 unspecified atom stereocenters. The average molecular weight is 401 g/mol. The highest BCUT2D eigenvalue weighted by molar-refractivity contribution is 7.11. The highest BCUT2D eigenvalue weighted by Crippen LogP contribution is 2.30. The van der Waals surface area contributed by atoms with Gasteiger partial charge in [-0.25, -0.2) is 0 Å². The smallest absolute Gasteiger partial charge is 0.280 e. The number of thiazole rings is 1. The van der Waals surface area contributed by atoms with E-state index in [0.29, 0.717) is 28.6 Å². The Bertz CT molecular complexity index is 834. The number of fused-ring (bicyclic) bond motifs is 2. The van der Waals surface area contributed by atoms with Crippen LogP contribution in [0.5, 0.6) is 10.9 Å². The fourth-order valence-electron chi connectivity index (χ4n) is 4.24. The number of carbonyl (C=O) groups excluding carboxylic acids is 1. The van der Waals surface area contributed by atoms with E-state index in [4.69, 9.17) is 9.47 Å². The van der Waals surface area contributed by atoms with Crippen LogP contribution in [-0.2, 0) is 4.74 Å². The molecule has 1 aromatic heterocycles. The number of rotatable bonds is 5. The van der Waals surface area contributed by atoms with Crippen LogP contribution in [0.3, 0.4) is 0 Å². The number of carbonyl (C=O) groups is 1. The number of hydrogen-bond acceptors (Lipinski definition) is 7. The topological polar surface area (TPSA) is 75.7 Å². The lowest BCUT2D eigenvalue weighted by Gasteiger charge is -2.26. The van der Waals surface area contributed by atoms with Crippen molar-refractivity contribution in [1.29, 1.82) is 0 Å². The third kappa shape index (κ3) is 3.72. The molecule has 0 saturated carbocycles. The molecule has 3 aliphatic heterocycles. The SMILES string of the molecule is O=C(N[C@@H]1C[C@H]2CC[C@@H]1N2)c1ccc(Oc2nc(N3CCOCC3)cs2)cc1. The van der Waals surface area contributed by atoms with Gasteiger partial charge in [-0.1, -0.05) is 11.3 Å². The molecule has 8 heteroatoms. The number of amides is 1. The van der Waals surface area contributed by atoms with Gasteiger partial charge in [0.1, 0.15) is 11.6 Å². The molecule has 2 N–H and O–H groups in total. The number of anilines is 1. The van der Waals surface area contributed by atoms with Gasteiger partial charge in [0, 0.05) is 42.2 Å². The molecule has 28 heavy (non-hydrogen) atoms. The van der Waals surface area contributed by atoms with Crippen LogP contribution in [0.1, 0.15) is 29.6 Å². The Labute approximate surface area is 168 Å². The molecule has 3 aliphatic rings. The summed E-state index contributed by atoms with van der Waals surface area (Å²) in [6.07, 6.45) is 3.42. The van der Waals surface area contributed by atoms with Crippen molar-refractivity contribution in [2.75, 3.05) is 31.2 Å². The minimum Gasteiger partial charge on any atom is -0.431 e. The molecule has 7 nitrogen and oxygen atoms in total. The van der Waals surface area contributed by atoms with Crippen molar-refractivity contribution in [3.8, 4) is 10.9 Å².